The van der Waals surface area contributed by atoms with Crippen molar-refractivity contribution in [2.24, 2.45) is 11.3 Å². The Hall–Kier alpha value is -3.42. The average molecular weight is 427 g/mol. The van der Waals surface area contributed by atoms with E-state index in [9.17, 15) is 19.2 Å². The summed E-state index contributed by atoms with van der Waals surface area (Å²) in [7, 11) is 0. The van der Waals surface area contributed by atoms with Gasteiger partial charge >= 0.3 is 11.9 Å². The fraction of sp³-hybridized carbons (Fsp3) is 0.391. The van der Waals surface area contributed by atoms with Gasteiger partial charge in [-0.2, -0.15) is 0 Å². The number of esters is 2. The Morgan fingerprint density at radius 1 is 1.10 bits per heavy atom. The van der Waals surface area contributed by atoms with Crippen LogP contribution in [0.4, 0.5) is 5.69 Å². The van der Waals surface area contributed by atoms with E-state index in [1.165, 1.54) is 6.92 Å². The second-order valence-corrected chi connectivity index (χ2v) is 7.55. The molecule has 0 saturated carbocycles. The minimum atomic E-state index is -1.70. The minimum Gasteiger partial charge on any atom is -0.465 e. The number of aryl methyl sites for hydroxylation is 2. The molecule has 8 heteroatoms. The predicted molar refractivity (Wildman–Crippen MR) is 111 cm³/mol. The number of fused-ring (bicyclic) bond motifs is 1. The largest absolute Gasteiger partial charge is 0.465 e. The molecule has 1 heterocycles. The molecule has 1 N–H and O–H groups in total. The van der Waals surface area contributed by atoms with Crippen LogP contribution in [-0.4, -0.2) is 36.7 Å². The number of allylic oxidation sites excluding steroid dienone is 2. The van der Waals surface area contributed by atoms with Crippen LogP contribution in [0.3, 0.4) is 0 Å². The van der Waals surface area contributed by atoms with E-state index >= 15 is 0 Å². The molecule has 1 aromatic carbocycles. The van der Waals surface area contributed by atoms with Crippen LogP contribution in [0.5, 0.6) is 0 Å². The molecule has 164 valence electrons. The number of rotatable bonds is 6. The van der Waals surface area contributed by atoms with Crippen molar-refractivity contribution in [2.45, 2.75) is 34.6 Å². The third kappa shape index (κ3) is 3.62. The summed E-state index contributed by atoms with van der Waals surface area (Å²) in [5.41, 5.74) is 0.519. The lowest BCUT2D eigenvalue weighted by molar-refractivity contribution is -0.158. The molecule has 2 aliphatic rings. The highest BCUT2D eigenvalue weighted by atomic mass is 16.5. The van der Waals surface area contributed by atoms with E-state index in [4.69, 9.17) is 14.2 Å². The van der Waals surface area contributed by atoms with Crippen molar-refractivity contribution in [1.82, 2.24) is 0 Å². The number of hydrogen-bond acceptors (Lipinski definition) is 8. The number of benzene rings is 1. The number of Topliss-reactive ketones (excluding diaryl/α,β-unsaturated/α-hetero) is 1. The monoisotopic (exact) mass is 427 g/mol. The molecule has 0 fully saturated rings. The molecular weight excluding hydrogens is 402 g/mol. The summed E-state index contributed by atoms with van der Waals surface area (Å²) in [6.07, 6.45) is 1.06. The van der Waals surface area contributed by atoms with E-state index in [-0.39, 0.29) is 30.4 Å². The summed E-state index contributed by atoms with van der Waals surface area (Å²) in [5.74, 6) is -4.77. The average Bonchev–Trinajstić information content (AvgIpc) is 2.93. The molecule has 0 spiro atoms. The Labute approximate surface area is 180 Å². The van der Waals surface area contributed by atoms with E-state index in [0.29, 0.717) is 5.69 Å². The van der Waals surface area contributed by atoms with Crippen LogP contribution in [0.15, 0.2) is 41.5 Å². The van der Waals surface area contributed by atoms with E-state index in [1.807, 2.05) is 32.0 Å². The molecule has 0 amide bonds. The van der Waals surface area contributed by atoms with Gasteiger partial charge in [0.1, 0.15) is 22.7 Å². The molecule has 0 aromatic heterocycles. The van der Waals surface area contributed by atoms with Gasteiger partial charge in [0.2, 0.25) is 17.4 Å². The third-order valence-corrected chi connectivity index (χ3v) is 5.53. The molecule has 0 radical (unpaired) electrons. The SMILES string of the molecule is CCOC(=O)C1=C(Nc2c(C)cccc2C)OC2=CC(=O)C(=O)[C@]2(C)[C@@H]1C(=O)OCC. The van der Waals surface area contributed by atoms with Gasteiger partial charge in [0.25, 0.3) is 0 Å². The zero-order valence-electron chi connectivity index (χ0n) is 18.2. The first-order valence-corrected chi connectivity index (χ1v) is 10.1. The molecule has 0 unspecified atom stereocenters. The summed E-state index contributed by atoms with van der Waals surface area (Å²) < 4.78 is 16.3. The first-order valence-electron chi connectivity index (χ1n) is 10.1. The Morgan fingerprint density at radius 2 is 1.71 bits per heavy atom. The van der Waals surface area contributed by atoms with Gasteiger partial charge in [-0.1, -0.05) is 18.2 Å². The van der Waals surface area contributed by atoms with Gasteiger partial charge in [0.15, 0.2) is 0 Å². The van der Waals surface area contributed by atoms with Crippen LogP contribution in [0, 0.1) is 25.2 Å². The molecule has 1 aliphatic carbocycles. The normalized spacial score (nSPS) is 22.5. The molecule has 31 heavy (non-hydrogen) atoms. The van der Waals surface area contributed by atoms with Crippen LogP contribution in [-0.2, 0) is 33.4 Å². The summed E-state index contributed by atoms with van der Waals surface area (Å²) in [4.78, 5) is 51.0. The highest BCUT2D eigenvalue weighted by Crippen LogP contribution is 2.51. The van der Waals surface area contributed by atoms with Crippen LogP contribution < -0.4 is 5.32 Å². The lowest BCUT2D eigenvalue weighted by atomic mass is 9.69. The second kappa shape index (κ2) is 8.37. The Bertz CT molecular complexity index is 1020. The summed E-state index contributed by atoms with van der Waals surface area (Å²) in [6, 6.07) is 5.63. The number of hydrogen-bond donors (Lipinski definition) is 1. The lowest BCUT2D eigenvalue weighted by Gasteiger charge is -2.38. The van der Waals surface area contributed by atoms with Gasteiger partial charge in [-0.25, -0.2) is 4.79 Å². The maximum Gasteiger partial charge on any atom is 0.340 e. The van der Waals surface area contributed by atoms with Crippen molar-refractivity contribution in [3.05, 3.63) is 52.6 Å². The Morgan fingerprint density at radius 3 is 2.29 bits per heavy atom. The van der Waals surface area contributed by atoms with Crippen molar-refractivity contribution in [2.75, 3.05) is 18.5 Å². The number of ether oxygens (including phenoxy) is 3. The van der Waals surface area contributed by atoms with Crippen LogP contribution in [0.2, 0.25) is 0 Å². The molecular formula is C23H25NO7. The van der Waals surface area contributed by atoms with Gasteiger partial charge in [-0.05, 0) is 45.7 Å². The van der Waals surface area contributed by atoms with Crippen LogP contribution in [0.25, 0.3) is 0 Å². The van der Waals surface area contributed by atoms with E-state index in [0.717, 1.165) is 17.2 Å². The number of para-hydroxylation sites is 1. The number of anilines is 1. The van der Waals surface area contributed by atoms with Crippen molar-refractivity contribution in [3.8, 4) is 0 Å². The van der Waals surface area contributed by atoms with E-state index < -0.39 is 34.8 Å². The Balaban J connectivity index is 2.25. The van der Waals surface area contributed by atoms with Crippen molar-refractivity contribution < 1.29 is 33.4 Å². The highest BCUT2D eigenvalue weighted by Gasteiger charge is 2.62. The van der Waals surface area contributed by atoms with Gasteiger partial charge in [-0.15, -0.1) is 0 Å². The van der Waals surface area contributed by atoms with Gasteiger partial charge in [0.05, 0.1) is 13.2 Å². The zero-order valence-corrected chi connectivity index (χ0v) is 18.2. The molecule has 1 aromatic rings. The van der Waals surface area contributed by atoms with Gasteiger partial charge in [-0.3, -0.25) is 14.4 Å². The van der Waals surface area contributed by atoms with Crippen molar-refractivity contribution in [1.29, 1.82) is 0 Å². The third-order valence-electron chi connectivity index (χ3n) is 5.53. The highest BCUT2D eigenvalue weighted by molar-refractivity contribution is 6.47. The lowest BCUT2D eigenvalue weighted by Crippen LogP contribution is -2.48. The summed E-state index contributed by atoms with van der Waals surface area (Å²) in [6.45, 7) is 8.46. The molecule has 0 saturated heterocycles. The number of nitrogens with one attached hydrogen (secondary N) is 1. The van der Waals surface area contributed by atoms with Gasteiger partial charge in [0, 0.05) is 11.8 Å². The van der Waals surface area contributed by atoms with E-state index in [1.54, 1.807) is 13.8 Å². The molecule has 3 rings (SSSR count). The molecule has 1 aliphatic heterocycles. The fourth-order valence-electron chi connectivity index (χ4n) is 3.91. The number of carbonyl (C=O) groups excluding carboxylic acids is 4. The number of ketones is 2. The molecule has 2 atom stereocenters. The van der Waals surface area contributed by atoms with Crippen LogP contribution in [0.1, 0.15) is 31.9 Å². The maximum absolute atomic E-state index is 13.0. The number of carbonyl (C=O) groups is 4. The smallest absolute Gasteiger partial charge is 0.340 e. The standard InChI is InChI=1S/C23H25NO7/c1-6-29-21(27)16-17(22(28)30-7-2)23(5)15(11-14(25)19(23)26)31-20(16)24-18-12(3)9-8-10-13(18)4/h8-11,17,24H,6-7H2,1-5H3/t17-,23-/m0/s1. The van der Waals surface area contributed by atoms with Crippen molar-refractivity contribution >= 4 is 29.2 Å². The van der Waals surface area contributed by atoms with E-state index in [2.05, 4.69) is 5.32 Å². The maximum atomic E-state index is 13.0. The van der Waals surface area contributed by atoms with Gasteiger partial charge < -0.3 is 19.5 Å². The zero-order chi connectivity index (χ0) is 22.9. The van der Waals surface area contributed by atoms with Crippen LogP contribution >= 0.6 is 0 Å². The second-order valence-electron chi connectivity index (χ2n) is 7.55. The Kier molecular flexibility index (Phi) is 6.01. The topological polar surface area (TPSA) is 108 Å². The minimum absolute atomic E-state index is 0.0117. The first-order chi connectivity index (χ1) is 14.7. The predicted octanol–water partition coefficient (Wildman–Crippen LogP) is 2.74. The van der Waals surface area contributed by atoms with Crippen molar-refractivity contribution in [3.63, 3.8) is 0 Å². The molecule has 0 bridgehead atoms. The first kappa shape index (κ1) is 22.3. The summed E-state index contributed by atoms with van der Waals surface area (Å²) >= 11 is 0. The fourth-order valence-corrected chi connectivity index (χ4v) is 3.91. The molecule has 8 nitrogen and oxygen atoms in total. The summed E-state index contributed by atoms with van der Waals surface area (Å²) in [5, 5.41) is 3.08. The quantitative estimate of drug-likeness (QED) is 0.545.